The van der Waals surface area contributed by atoms with E-state index in [2.05, 4.69) is 29.2 Å². The standard InChI is InChI=1S/C15H22N4OS/c1-5-13(15-17-11(3)12(4)21-15)18-14(20)7-9-19-10(2)6-8-16-19/h6,8,13H,5,7,9H2,1-4H3,(H,18,20)/t13-/m0/s1. The largest absolute Gasteiger partial charge is 0.347 e. The second-order valence-electron chi connectivity index (χ2n) is 5.17. The molecule has 0 aliphatic heterocycles. The average Bonchev–Trinajstić information content (AvgIpc) is 3.00. The minimum atomic E-state index is 0.00798. The van der Waals surface area contributed by atoms with E-state index >= 15 is 0 Å². The van der Waals surface area contributed by atoms with Gasteiger partial charge in [-0.1, -0.05) is 6.92 Å². The second-order valence-corrected chi connectivity index (χ2v) is 6.40. The summed E-state index contributed by atoms with van der Waals surface area (Å²) in [6, 6.07) is 1.95. The molecule has 0 bridgehead atoms. The molecule has 2 aromatic rings. The van der Waals surface area contributed by atoms with Crippen LogP contribution in [0, 0.1) is 20.8 Å². The first kappa shape index (κ1) is 15.7. The van der Waals surface area contributed by atoms with Gasteiger partial charge >= 0.3 is 0 Å². The van der Waals surface area contributed by atoms with Gasteiger partial charge in [-0.15, -0.1) is 11.3 Å². The predicted octanol–water partition coefficient (Wildman–Crippen LogP) is 2.92. The Hall–Kier alpha value is -1.69. The van der Waals surface area contributed by atoms with Gasteiger partial charge in [0.1, 0.15) is 5.01 Å². The summed E-state index contributed by atoms with van der Waals surface area (Å²) in [6.07, 6.45) is 3.03. The van der Waals surface area contributed by atoms with Crippen molar-refractivity contribution in [1.82, 2.24) is 20.1 Å². The number of hydrogen-bond donors (Lipinski definition) is 1. The summed E-state index contributed by atoms with van der Waals surface area (Å²) in [4.78, 5) is 17.9. The second kappa shape index (κ2) is 6.85. The molecule has 0 unspecified atom stereocenters. The van der Waals surface area contributed by atoms with Crippen LogP contribution in [-0.2, 0) is 11.3 Å². The van der Waals surface area contributed by atoms with Crippen LogP contribution in [0.5, 0.6) is 0 Å². The number of aryl methyl sites for hydroxylation is 4. The molecule has 1 amide bonds. The first-order valence-electron chi connectivity index (χ1n) is 7.23. The Bertz CT molecular complexity index is 597. The molecular weight excluding hydrogens is 284 g/mol. The number of rotatable bonds is 6. The Kier molecular flexibility index (Phi) is 5.12. The van der Waals surface area contributed by atoms with Gasteiger partial charge in [0, 0.05) is 29.7 Å². The molecule has 1 N–H and O–H groups in total. The lowest BCUT2D eigenvalue weighted by atomic mass is 10.2. The maximum absolute atomic E-state index is 12.1. The van der Waals surface area contributed by atoms with Crippen LogP contribution in [0.25, 0.3) is 0 Å². The third-order valence-corrected chi connectivity index (χ3v) is 4.75. The topological polar surface area (TPSA) is 59.8 Å². The smallest absolute Gasteiger partial charge is 0.222 e. The molecule has 2 rings (SSSR count). The molecule has 21 heavy (non-hydrogen) atoms. The highest BCUT2D eigenvalue weighted by atomic mass is 32.1. The van der Waals surface area contributed by atoms with E-state index in [9.17, 15) is 4.79 Å². The van der Waals surface area contributed by atoms with Crippen molar-refractivity contribution in [2.24, 2.45) is 0 Å². The van der Waals surface area contributed by atoms with Crippen molar-refractivity contribution in [3.8, 4) is 0 Å². The molecule has 0 aromatic carbocycles. The summed E-state index contributed by atoms with van der Waals surface area (Å²) in [5.41, 5.74) is 2.12. The number of carbonyl (C=O) groups is 1. The SMILES string of the molecule is CC[C@H](NC(=O)CCn1nccc1C)c1nc(C)c(C)s1. The van der Waals surface area contributed by atoms with Gasteiger partial charge in [-0.3, -0.25) is 9.48 Å². The zero-order chi connectivity index (χ0) is 15.4. The third-order valence-electron chi connectivity index (χ3n) is 3.57. The number of hydrogen-bond acceptors (Lipinski definition) is 4. The normalized spacial score (nSPS) is 12.4. The lowest BCUT2D eigenvalue weighted by Crippen LogP contribution is -2.29. The van der Waals surface area contributed by atoms with Crippen LogP contribution in [0.3, 0.4) is 0 Å². The lowest BCUT2D eigenvalue weighted by molar-refractivity contribution is -0.122. The van der Waals surface area contributed by atoms with E-state index in [1.54, 1.807) is 17.5 Å². The minimum absolute atomic E-state index is 0.00798. The quantitative estimate of drug-likeness (QED) is 0.892. The molecule has 0 saturated carbocycles. The predicted molar refractivity (Wildman–Crippen MR) is 84.3 cm³/mol. The van der Waals surface area contributed by atoms with Crippen LogP contribution in [0.1, 0.15) is 47.1 Å². The first-order valence-corrected chi connectivity index (χ1v) is 8.04. The molecule has 5 nitrogen and oxygen atoms in total. The van der Waals surface area contributed by atoms with Crippen molar-refractivity contribution in [3.63, 3.8) is 0 Å². The van der Waals surface area contributed by atoms with Crippen molar-refractivity contribution in [1.29, 1.82) is 0 Å². The molecule has 2 heterocycles. The number of thiazole rings is 1. The van der Waals surface area contributed by atoms with E-state index in [0.29, 0.717) is 13.0 Å². The molecule has 0 aliphatic carbocycles. The monoisotopic (exact) mass is 306 g/mol. The first-order chi connectivity index (χ1) is 10.0. The van der Waals surface area contributed by atoms with Crippen LogP contribution in [0.4, 0.5) is 0 Å². The highest BCUT2D eigenvalue weighted by Crippen LogP contribution is 2.24. The lowest BCUT2D eigenvalue weighted by Gasteiger charge is -2.14. The summed E-state index contributed by atoms with van der Waals surface area (Å²) < 4.78 is 1.85. The van der Waals surface area contributed by atoms with Crippen molar-refractivity contribution in [3.05, 3.63) is 33.5 Å². The molecule has 0 saturated heterocycles. The number of nitrogens with zero attached hydrogens (tertiary/aromatic N) is 3. The fourth-order valence-electron chi connectivity index (χ4n) is 2.09. The van der Waals surface area contributed by atoms with Crippen molar-refractivity contribution < 1.29 is 4.79 Å². The van der Waals surface area contributed by atoms with Crippen LogP contribution >= 0.6 is 11.3 Å². The van der Waals surface area contributed by atoms with Gasteiger partial charge in [-0.2, -0.15) is 5.10 Å². The Labute approximate surface area is 129 Å². The van der Waals surface area contributed by atoms with Gasteiger partial charge in [0.05, 0.1) is 11.7 Å². The van der Waals surface area contributed by atoms with Crippen molar-refractivity contribution >= 4 is 17.2 Å². The molecule has 2 aromatic heterocycles. The maximum Gasteiger partial charge on any atom is 0.222 e. The average molecular weight is 306 g/mol. The van der Waals surface area contributed by atoms with E-state index in [1.165, 1.54) is 4.88 Å². The van der Waals surface area contributed by atoms with Crippen LogP contribution < -0.4 is 5.32 Å². The van der Waals surface area contributed by atoms with Crippen LogP contribution in [0.2, 0.25) is 0 Å². The number of carbonyl (C=O) groups excluding carboxylic acids is 1. The van der Waals surface area contributed by atoms with Gasteiger partial charge in [-0.25, -0.2) is 4.98 Å². The minimum Gasteiger partial charge on any atom is -0.347 e. The summed E-state index contributed by atoms with van der Waals surface area (Å²) in [7, 11) is 0. The van der Waals surface area contributed by atoms with E-state index in [0.717, 1.165) is 22.8 Å². The number of nitrogens with one attached hydrogen (secondary N) is 1. The van der Waals surface area contributed by atoms with Gasteiger partial charge in [0.2, 0.25) is 5.91 Å². The zero-order valence-electron chi connectivity index (χ0n) is 13.0. The summed E-state index contributed by atoms with van der Waals surface area (Å²) >= 11 is 1.66. The fourth-order valence-corrected chi connectivity index (χ4v) is 3.15. The van der Waals surface area contributed by atoms with Gasteiger partial charge < -0.3 is 5.32 Å². The van der Waals surface area contributed by atoms with E-state index < -0.39 is 0 Å². The number of amides is 1. The van der Waals surface area contributed by atoms with E-state index in [1.807, 2.05) is 24.6 Å². The van der Waals surface area contributed by atoms with E-state index in [4.69, 9.17) is 0 Å². The van der Waals surface area contributed by atoms with Gasteiger partial charge in [0.15, 0.2) is 0 Å². The summed E-state index contributed by atoms with van der Waals surface area (Å²) in [5.74, 6) is 0.0438. The molecular formula is C15H22N4OS. The molecule has 114 valence electrons. The van der Waals surface area contributed by atoms with E-state index in [-0.39, 0.29) is 11.9 Å². The highest BCUT2D eigenvalue weighted by Gasteiger charge is 2.17. The molecule has 0 fully saturated rings. The molecule has 0 radical (unpaired) electrons. The fraction of sp³-hybridized carbons (Fsp3) is 0.533. The zero-order valence-corrected chi connectivity index (χ0v) is 13.8. The molecule has 0 aliphatic rings. The van der Waals surface area contributed by atoms with Crippen molar-refractivity contribution in [2.75, 3.05) is 0 Å². The summed E-state index contributed by atoms with van der Waals surface area (Å²) in [5, 5.41) is 8.26. The van der Waals surface area contributed by atoms with Gasteiger partial charge in [-0.05, 0) is 33.3 Å². The Morgan fingerprint density at radius 3 is 2.71 bits per heavy atom. The van der Waals surface area contributed by atoms with Crippen LogP contribution in [0.15, 0.2) is 12.3 Å². The summed E-state index contributed by atoms with van der Waals surface area (Å²) in [6.45, 7) is 8.72. The Morgan fingerprint density at radius 2 is 2.19 bits per heavy atom. The maximum atomic E-state index is 12.1. The Morgan fingerprint density at radius 1 is 1.43 bits per heavy atom. The molecule has 0 spiro atoms. The van der Waals surface area contributed by atoms with Gasteiger partial charge in [0.25, 0.3) is 0 Å². The Balaban J connectivity index is 1.92. The molecule has 6 heteroatoms. The van der Waals surface area contributed by atoms with Crippen LogP contribution in [-0.4, -0.2) is 20.7 Å². The number of aromatic nitrogens is 3. The van der Waals surface area contributed by atoms with Crippen molar-refractivity contribution in [2.45, 2.75) is 53.1 Å². The highest BCUT2D eigenvalue weighted by molar-refractivity contribution is 7.11. The molecule has 1 atom stereocenters. The third kappa shape index (κ3) is 3.91.